The number of para-hydroxylation sites is 1. The van der Waals surface area contributed by atoms with Crippen molar-refractivity contribution < 1.29 is 9.53 Å². The van der Waals surface area contributed by atoms with Gasteiger partial charge in [0, 0.05) is 4.88 Å². The van der Waals surface area contributed by atoms with E-state index in [0.29, 0.717) is 27.3 Å². The first-order chi connectivity index (χ1) is 11.6. The van der Waals surface area contributed by atoms with Gasteiger partial charge in [-0.05, 0) is 42.9 Å². The van der Waals surface area contributed by atoms with Gasteiger partial charge in [0.25, 0.3) is 5.91 Å². The molecule has 0 bridgehead atoms. The summed E-state index contributed by atoms with van der Waals surface area (Å²) in [6.07, 6.45) is 2.96. The zero-order valence-corrected chi connectivity index (χ0v) is 14.8. The normalized spacial score (nSPS) is 16.1. The fourth-order valence-corrected chi connectivity index (χ4v) is 4.39. The molecule has 6 heteroatoms. The molecule has 0 aliphatic heterocycles. The molecular formula is C18H17ClN2O2S. The maximum Gasteiger partial charge on any atom is 0.262 e. The zero-order chi connectivity index (χ0) is 17.1. The predicted molar refractivity (Wildman–Crippen MR) is 95.8 cm³/mol. The van der Waals surface area contributed by atoms with Gasteiger partial charge in [-0.1, -0.05) is 30.7 Å². The number of halogens is 1. The monoisotopic (exact) mass is 360 g/mol. The molecule has 0 spiro atoms. The van der Waals surface area contributed by atoms with Crippen LogP contribution in [0.25, 0.3) is 0 Å². The molecule has 0 radical (unpaired) electrons. The number of carbonyl (C=O) groups excluding carboxylic acids is 1. The summed E-state index contributed by atoms with van der Waals surface area (Å²) in [5, 5.41) is 13.3. The Hall–Kier alpha value is -2.03. The minimum absolute atomic E-state index is 0.145. The van der Waals surface area contributed by atoms with Crippen molar-refractivity contribution in [1.82, 2.24) is 0 Å². The number of anilines is 1. The van der Waals surface area contributed by atoms with Gasteiger partial charge in [-0.25, -0.2) is 0 Å². The molecular weight excluding hydrogens is 344 g/mol. The number of hydrogen-bond acceptors (Lipinski definition) is 4. The molecule has 1 aliphatic carbocycles. The number of amides is 1. The standard InChI is InChI=1S/C18H17ClN2O2S/c1-11-6-7-12-13(9-20)18(24-16(12)8-11)21-17(22)10-23-15-5-3-2-4-14(15)19/h2-5,11H,6-8,10H2,1H3,(H,21,22). The summed E-state index contributed by atoms with van der Waals surface area (Å²) in [5.41, 5.74) is 1.70. The average molecular weight is 361 g/mol. The Morgan fingerprint density at radius 2 is 2.29 bits per heavy atom. The van der Waals surface area contributed by atoms with E-state index in [4.69, 9.17) is 16.3 Å². The van der Waals surface area contributed by atoms with Gasteiger partial charge in [0.05, 0.1) is 10.6 Å². The Balaban J connectivity index is 1.69. The Kier molecular flexibility index (Phi) is 5.08. The highest BCUT2D eigenvalue weighted by Gasteiger charge is 2.24. The smallest absolute Gasteiger partial charge is 0.262 e. The third-order valence-corrected chi connectivity index (χ3v) is 5.55. The van der Waals surface area contributed by atoms with Crippen LogP contribution in [0.4, 0.5) is 5.00 Å². The van der Waals surface area contributed by atoms with Crippen LogP contribution in [-0.2, 0) is 17.6 Å². The van der Waals surface area contributed by atoms with Crippen molar-refractivity contribution in [1.29, 1.82) is 5.26 Å². The Labute approximate surface area is 150 Å². The second-order valence-electron chi connectivity index (χ2n) is 5.93. The molecule has 3 rings (SSSR count). The molecule has 1 heterocycles. The average Bonchev–Trinajstić information content (AvgIpc) is 2.90. The minimum Gasteiger partial charge on any atom is -0.482 e. The number of carbonyl (C=O) groups is 1. The van der Waals surface area contributed by atoms with Gasteiger partial charge < -0.3 is 10.1 Å². The second kappa shape index (κ2) is 7.25. The molecule has 1 unspecified atom stereocenters. The lowest BCUT2D eigenvalue weighted by molar-refractivity contribution is -0.118. The molecule has 124 valence electrons. The summed E-state index contributed by atoms with van der Waals surface area (Å²) in [7, 11) is 0. The number of nitrogens with one attached hydrogen (secondary N) is 1. The van der Waals surface area contributed by atoms with Gasteiger partial charge in [0.15, 0.2) is 6.61 Å². The van der Waals surface area contributed by atoms with E-state index in [9.17, 15) is 10.1 Å². The largest absolute Gasteiger partial charge is 0.482 e. The maximum atomic E-state index is 12.2. The third kappa shape index (κ3) is 3.55. The molecule has 0 saturated heterocycles. The molecule has 1 aliphatic rings. The topological polar surface area (TPSA) is 62.1 Å². The van der Waals surface area contributed by atoms with Crippen LogP contribution < -0.4 is 10.1 Å². The molecule has 1 aromatic carbocycles. The van der Waals surface area contributed by atoms with Crippen molar-refractivity contribution in [3.8, 4) is 11.8 Å². The van der Waals surface area contributed by atoms with Gasteiger partial charge in [-0.2, -0.15) is 5.26 Å². The fourth-order valence-electron chi connectivity index (χ4n) is 2.82. The van der Waals surface area contributed by atoms with Gasteiger partial charge >= 0.3 is 0 Å². The molecule has 0 saturated carbocycles. The van der Waals surface area contributed by atoms with Crippen LogP contribution in [-0.4, -0.2) is 12.5 Å². The van der Waals surface area contributed by atoms with E-state index in [-0.39, 0.29) is 12.5 Å². The van der Waals surface area contributed by atoms with Crippen LogP contribution in [0.3, 0.4) is 0 Å². The lowest BCUT2D eigenvalue weighted by Gasteiger charge is -2.17. The molecule has 1 amide bonds. The summed E-state index contributed by atoms with van der Waals surface area (Å²) >= 11 is 7.51. The summed E-state index contributed by atoms with van der Waals surface area (Å²) in [5.74, 6) is 0.794. The third-order valence-electron chi connectivity index (χ3n) is 4.07. The van der Waals surface area contributed by atoms with E-state index in [1.165, 1.54) is 16.2 Å². The minimum atomic E-state index is -0.293. The lowest BCUT2D eigenvalue weighted by atomic mass is 9.89. The Morgan fingerprint density at radius 1 is 1.50 bits per heavy atom. The van der Waals surface area contributed by atoms with E-state index in [0.717, 1.165) is 24.8 Å². The summed E-state index contributed by atoms with van der Waals surface area (Å²) in [4.78, 5) is 13.4. The molecule has 2 aromatic rings. The van der Waals surface area contributed by atoms with E-state index in [1.807, 2.05) is 0 Å². The van der Waals surface area contributed by atoms with Gasteiger partial charge in [-0.15, -0.1) is 11.3 Å². The van der Waals surface area contributed by atoms with Crippen LogP contribution >= 0.6 is 22.9 Å². The number of thiophene rings is 1. The molecule has 1 atom stereocenters. The SMILES string of the molecule is CC1CCc2c(sc(NC(=O)COc3ccccc3Cl)c2C#N)C1. The number of nitriles is 1. The van der Waals surface area contributed by atoms with Crippen molar-refractivity contribution in [2.75, 3.05) is 11.9 Å². The highest BCUT2D eigenvalue weighted by atomic mass is 35.5. The molecule has 1 aromatic heterocycles. The van der Waals surface area contributed by atoms with Gasteiger partial charge in [0.2, 0.25) is 0 Å². The highest BCUT2D eigenvalue weighted by Crippen LogP contribution is 2.39. The van der Waals surface area contributed by atoms with Crippen LogP contribution in [0.5, 0.6) is 5.75 Å². The van der Waals surface area contributed by atoms with E-state index in [2.05, 4.69) is 18.3 Å². The Morgan fingerprint density at radius 3 is 3.04 bits per heavy atom. The summed E-state index contributed by atoms with van der Waals surface area (Å²) in [6, 6.07) is 9.25. The van der Waals surface area contributed by atoms with Crippen LogP contribution in [0.1, 0.15) is 29.3 Å². The van der Waals surface area contributed by atoms with Crippen LogP contribution in [0.2, 0.25) is 5.02 Å². The van der Waals surface area contributed by atoms with Crippen molar-refractivity contribution in [3.63, 3.8) is 0 Å². The summed E-state index contributed by atoms with van der Waals surface area (Å²) < 4.78 is 5.44. The predicted octanol–water partition coefficient (Wildman–Crippen LogP) is 4.42. The van der Waals surface area contributed by atoms with Gasteiger partial charge in [0.1, 0.15) is 16.8 Å². The highest BCUT2D eigenvalue weighted by molar-refractivity contribution is 7.16. The number of benzene rings is 1. The maximum absolute atomic E-state index is 12.2. The van der Waals surface area contributed by atoms with Crippen molar-refractivity contribution in [2.45, 2.75) is 26.2 Å². The second-order valence-corrected chi connectivity index (χ2v) is 7.45. The Bertz CT molecular complexity index is 810. The lowest BCUT2D eigenvalue weighted by Crippen LogP contribution is -2.20. The van der Waals surface area contributed by atoms with Crippen LogP contribution in [0, 0.1) is 17.2 Å². The van der Waals surface area contributed by atoms with E-state index in [1.54, 1.807) is 24.3 Å². The van der Waals surface area contributed by atoms with Crippen molar-refractivity contribution in [2.24, 2.45) is 5.92 Å². The molecule has 4 nitrogen and oxygen atoms in total. The van der Waals surface area contributed by atoms with Crippen molar-refractivity contribution >= 4 is 33.8 Å². The first kappa shape index (κ1) is 16.8. The number of rotatable bonds is 4. The number of fused-ring (bicyclic) bond motifs is 1. The quantitative estimate of drug-likeness (QED) is 0.878. The summed E-state index contributed by atoms with van der Waals surface area (Å²) in [6.45, 7) is 2.07. The zero-order valence-electron chi connectivity index (χ0n) is 13.3. The number of ether oxygens (including phenoxy) is 1. The van der Waals surface area contributed by atoms with Crippen LogP contribution in [0.15, 0.2) is 24.3 Å². The van der Waals surface area contributed by atoms with Gasteiger partial charge in [-0.3, -0.25) is 4.79 Å². The van der Waals surface area contributed by atoms with E-state index >= 15 is 0 Å². The molecule has 1 N–H and O–H groups in total. The van der Waals surface area contributed by atoms with Crippen molar-refractivity contribution in [3.05, 3.63) is 45.3 Å². The molecule has 0 fully saturated rings. The number of hydrogen-bond donors (Lipinski definition) is 1. The first-order valence-electron chi connectivity index (χ1n) is 7.80. The number of nitrogens with zero attached hydrogens (tertiary/aromatic N) is 1. The fraction of sp³-hybridized carbons (Fsp3) is 0.333. The van der Waals surface area contributed by atoms with E-state index < -0.39 is 0 Å². The first-order valence-corrected chi connectivity index (χ1v) is 8.99. The molecule has 24 heavy (non-hydrogen) atoms.